The zero-order chi connectivity index (χ0) is 21.8. The van der Waals surface area contributed by atoms with Gasteiger partial charge in [0.1, 0.15) is 11.4 Å². The number of carbonyl (C=O) groups is 1. The number of carbonyl (C=O) groups excluding carboxylic acids is 1. The van der Waals surface area contributed by atoms with Gasteiger partial charge in [-0.3, -0.25) is 19.6 Å². The van der Waals surface area contributed by atoms with Crippen LogP contribution < -0.4 is 21.5 Å². The van der Waals surface area contributed by atoms with Crippen molar-refractivity contribution >= 4 is 17.3 Å². The van der Waals surface area contributed by atoms with E-state index in [1.807, 2.05) is 18.2 Å². The summed E-state index contributed by atoms with van der Waals surface area (Å²) in [5, 5.41) is 3.01. The first kappa shape index (κ1) is 20.6. The molecule has 1 aromatic carbocycles. The molecule has 1 amide bonds. The molecule has 160 valence electrons. The minimum absolute atomic E-state index is 0.00525. The molecule has 1 fully saturated rings. The van der Waals surface area contributed by atoms with Crippen LogP contribution in [0.3, 0.4) is 0 Å². The van der Waals surface area contributed by atoms with Gasteiger partial charge in [0.05, 0.1) is 0 Å². The topological polar surface area (TPSA) is 111 Å². The molecular weight excluding hydrogens is 394 g/mol. The van der Waals surface area contributed by atoms with Crippen LogP contribution in [-0.2, 0) is 0 Å². The fourth-order valence-electron chi connectivity index (χ4n) is 4.21. The van der Waals surface area contributed by atoms with E-state index in [1.165, 1.54) is 5.56 Å². The van der Waals surface area contributed by atoms with Gasteiger partial charge in [-0.25, -0.2) is 4.79 Å². The summed E-state index contributed by atoms with van der Waals surface area (Å²) in [6.45, 7) is 0. The van der Waals surface area contributed by atoms with E-state index < -0.39 is 17.2 Å². The summed E-state index contributed by atoms with van der Waals surface area (Å²) >= 11 is 0. The second-order valence-electron chi connectivity index (χ2n) is 7.83. The Morgan fingerprint density at radius 1 is 1.00 bits per heavy atom. The molecular formula is C23H25N5O3. The fraction of sp³-hybridized carbons (Fsp3) is 0.304. The minimum atomic E-state index is -0.713. The van der Waals surface area contributed by atoms with Crippen molar-refractivity contribution in [3.8, 4) is 0 Å². The Hall–Kier alpha value is -3.68. The van der Waals surface area contributed by atoms with Crippen molar-refractivity contribution < 1.29 is 4.79 Å². The van der Waals surface area contributed by atoms with Crippen molar-refractivity contribution in [3.63, 3.8) is 0 Å². The van der Waals surface area contributed by atoms with Crippen LogP contribution in [0.25, 0.3) is 0 Å². The third-order valence-electron chi connectivity index (χ3n) is 5.86. The van der Waals surface area contributed by atoms with E-state index in [1.54, 1.807) is 36.5 Å². The summed E-state index contributed by atoms with van der Waals surface area (Å²) in [6.07, 6.45) is 6.82. The molecule has 1 saturated carbocycles. The molecule has 3 N–H and O–H groups in total. The van der Waals surface area contributed by atoms with Gasteiger partial charge in [-0.2, -0.15) is 0 Å². The maximum absolute atomic E-state index is 13.1. The second-order valence-corrected chi connectivity index (χ2v) is 7.83. The highest BCUT2D eigenvalue weighted by atomic mass is 16.2. The van der Waals surface area contributed by atoms with E-state index in [-0.39, 0.29) is 17.4 Å². The highest BCUT2D eigenvalue weighted by Gasteiger charge is 2.26. The number of nitrogens with zero attached hydrogens (tertiary/aromatic N) is 2. The first-order valence-corrected chi connectivity index (χ1v) is 10.4. The Labute approximate surface area is 179 Å². The number of aromatic amines is 2. The Morgan fingerprint density at radius 3 is 2.35 bits per heavy atom. The molecule has 2 heterocycles. The average Bonchev–Trinajstić information content (AvgIpc) is 2.80. The van der Waals surface area contributed by atoms with Gasteiger partial charge in [-0.1, -0.05) is 30.3 Å². The number of hydrogen-bond acceptors (Lipinski definition) is 5. The molecule has 0 atom stereocenters. The molecule has 3 aromatic rings. The van der Waals surface area contributed by atoms with Crippen LogP contribution in [-0.4, -0.2) is 33.9 Å². The van der Waals surface area contributed by atoms with E-state index in [9.17, 15) is 14.4 Å². The summed E-state index contributed by atoms with van der Waals surface area (Å²) in [7, 11) is 1.67. The Balaban J connectivity index is 1.51. The van der Waals surface area contributed by atoms with Crippen LogP contribution >= 0.6 is 0 Å². The van der Waals surface area contributed by atoms with Crippen molar-refractivity contribution in [2.75, 3.05) is 11.9 Å². The van der Waals surface area contributed by atoms with Gasteiger partial charge >= 0.3 is 5.69 Å². The molecule has 8 nitrogen and oxygen atoms in total. The predicted octanol–water partition coefficient (Wildman–Crippen LogP) is 2.68. The lowest BCUT2D eigenvalue weighted by Gasteiger charge is -2.29. The molecule has 1 aliphatic rings. The number of nitrogens with one attached hydrogen (secondary N) is 3. The number of anilines is 2. The normalized spacial score (nSPS) is 18.4. The molecule has 0 aliphatic heterocycles. The summed E-state index contributed by atoms with van der Waals surface area (Å²) in [5.74, 6) is 0.0318. The van der Waals surface area contributed by atoms with Gasteiger partial charge in [0, 0.05) is 31.2 Å². The third-order valence-corrected chi connectivity index (χ3v) is 5.86. The van der Waals surface area contributed by atoms with Gasteiger partial charge in [0.15, 0.2) is 0 Å². The number of aromatic nitrogens is 3. The maximum atomic E-state index is 13.1. The first-order valence-electron chi connectivity index (χ1n) is 10.4. The minimum Gasteiger partial charge on any atom is -0.348 e. The molecule has 0 spiro atoms. The summed E-state index contributed by atoms with van der Waals surface area (Å²) in [6, 6.07) is 13.8. The van der Waals surface area contributed by atoms with Crippen LogP contribution in [0.2, 0.25) is 0 Å². The number of amides is 1. The van der Waals surface area contributed by atoms with Gasteiger partial charge in [0.25, 0.3) is 11.5 Å². The number of H-pyrrole nitrogens is 2. The van der Waals surface area contributed by atoms with E-state index in [0.717, 1.165) is 25.7 Å². The quantitative estimate of drug-likeness (QED) is 0.589. The SMILES string of the molecule is CN(c1ccncc1)c1c(C(=O)N[C@H]2CC[C@@H](c3ccccc3)CC2)[nH]c(=O)[nH]c1=O. The molecule has 0 unspecified atom stereocenters. The molecule has 31 heavy (non-hydrogen) atoms. The predicted molar refractivity (Wildman–Crippen MR) is 119 cm³/mol. The first-order chi connectivity index (χ1) is 15.0. The van der Waals surface area contributed by atoms with Gasteiger partial charge in [0.2, 0.25) is 0 Å². The van der Waals surface area contributed by atoms with Gasteiger partial charge in [-0.05, 0) is 49.3 Å². The third kappa shape index (κ3) is 4.58. The number of benzene rings is 1. The van der Waals surface area contributed by atoms with Crippen LogP contribution in [0, 0.1) is 0 Å². The van der Waals surface area contributed by atoms with Gasteiger partial charge in [-0.15, -0.1) is 0 Å². The largest absolute Gasteiger partial charge is 0.348 e. The van der Waals surface area contributed by atoms with Gasteiger partial charge < -0.3 is 15.2 Å². The molecule has 8 heteroatoms. The lowest BCUT2D eigenvalue weighted by atomic mass is 9.82. The molecule has 0 saturated heterocycles. The zero-order valence-electron chi connectivity index (χ0n) is 17.3. The second kappa shape index (κ2) is 8.99. The van der Waals surface area contributed by atoms with E-state index in [4.69, 9.17) is 0 Å². The van der Waals surface area contributed by atoms with Crippen molar-refractivity contribution in [1.29, 1.82) is 0 Å². The van der Waals surface area contributed by atoms with E-state index >= 15 is 0 Å². The molecule has 2 aromatic heterocycles. The molecule has 1 aliphatic carbocycles. The number of rotatable bonds is 5. The maximum Gasteiger partial charge on any atom is 0.326 e. The van der Waals surface area contributed by atoms with E-state index in [2.05, 4.69) is 32.4 Å². The lowest BCUT2D eigenvalue weighted by Crippen LogP contribution is -2.41. The number of pyridine rings is 1. The van der Waals surface area contributed by atoms with Crippen molar-refractivity contribution in [3.05, 3.63) is 87.0 Å². The average molecular weight is 419 g/mol. The lowest BCUT2D eigenvalue weighted by molar-refractivity contribution is 0.0920. The standard InChI is InChI=1S/C23H25N5O3/c1-28(18-11-13-24-14-12-18)20-19(26-23(31)27-22(20)30)21(29)25-17-9-7-16(8-10-17)15-5-3-2-4-6-15/h2-6,11-14,16-17H,7-10H2,1H3,(H,25,29)(H2,26,27,30,31)/t16-,17+. The molecule has 4 rings (SSSR count). The Bertz CT molecular complexity index is 1150. The molecule has 0 radical (unpaired) electrons. The smallest absolute Gasteiger partial charge is 0.326 e. The summed E-state index contributed by atoms with van der Waals surface area (Å²) in [5.41, 5.74) is 0.702. The van der Waals surface area contributed by atoms with Crippen LogP contribution in [0.15, 0.2) is 64.4 Å². The zero-order valence-corrected chi connectivity index (χ0v) is 17.3. The molecule has 0 bridgehead atoms. The van der Waals surface area contributed by atoms with E-state index in [0.29, 0.717) is 11.6 Å². The Kier molecular flexibility index (Phi) is 5.97. The van der Waals surface area contributed by atoms with Crippen molar-refractivity contribution in [2.45, 2.75) is 37.6 Å². The summed E-state index contributed by atoms with van der Waals surface area (Å²) in [4.78, 5) is 47.8. The highest BCUT2D eigenvalue weighted by molar-refractivity contribution is 5.98. The Morgan fingerprint density at radius 2 is 1.68 bits per heavy atom. The van der Waals surface area contributed by atoms with Crippen molar-refractivity contribution in [1.82, 2.24) is 20.3 Å². The van der Waals surface area contributed by atoms with Crippen LogP contribution in [0.4, 0.5) is 11.4 Å². The fourth-order valence-corrected chi connectivity index (χ4v) is 4.21. The van der Waals surface area contributed by atoms with Crippen LogP contribution in [0.5, 0.6) is 0 Å². The monoisotopic (exact) mass is 419 g/mol. The highest BCUT2D eigenvalue weighted by Crippen LogP contribution is 2.33. The van der Waals surface area contributed by atoms with Crippen molar-refractivity contribution in [2.24, 2.45) is 0 Å². The number of hydrogen-bond donors (Lipinski definition) is 3. The van der Waals surface area contributed by atoms with Crippen LogP contribution in [0.1, 0.15) is 47.7 Å². The summed E-state index contributed by atoms with van der Waals surface area (Å²) < 4.78 is 0.